The van der Waals surface area contributed by atoms with E-state index >= 15 is 0 Å². The Hall–Kier alpha value is -2.47. The monoisotopic (exact) mass is 352 g/mol. The summed E-state index contributed by atoms with van der Waals surface area (Å²) in [6.07, 6.45) is 2.45. The van der Waals surface area contributed by atoms with Crippen molar-refractivity contribution in [1.29, 1.82) is 0 Å². The lowest BCUT2D eigenvalue weighted by molar-refractivity contribution is 0.0737. The van der Waals surface area contributed by atoms with E-state index in [1.54, 1.807) is 17.7 Å². The molecule has 0 saturated heterocycles. The molecular formula is C19H20N4OS. The van der Waals surface area contributed by atoms with Gasteiger partial charge in [-0.2, -0.15) is 0 Å². The van der Waals surface area contributed by atoms with Gasteiger partial charge in [0.1, 0.15) is 17.0 Å². The van der Waals surface area contributed by atoms with E-state index in [2.05, 4.69) is 22.2 Å². The molecule has 1 amide bonds. The average Bonchev–Trinajstić information content (AvgIpc) is 3.00. The molecule has 0 spiro atoms. The van der Waals surface area contributed by atoms with Gasteiger partial charge < -0.3 is 10.2 Å². The van der Waals surface area contributed by atoms with Gasteiger partial charge in [-0.05, 0) is 38.0 Å². The summed E-state index contributed by atoms with van der Waals surface area (Å²) >= 11 is 1.67. The molecule has 0 unspecified atom stereocenters. The van der Waals surface area contributed by atoms with Gasteiger partial charge in [0.2, 0.25) is 0 Å². The largest absolute Gasteiger partial charge is 0.370 e. The van der Waals surface area contributed by atoms with Gasteiger partial charge in [0.05, 0.1) is 11.9 Å². The summed E-state index contributed by atoms with van der Waals surface area (Å²) < 4.78 is 0. The highest BCUT2D eigenvalue weighted by Crippen LogP contribution is 2.37. The number of hydrogen-bond donors (Lipinski definition) is 1. The van der Waals surface area contributed by atoms with Crippen LogP contribution in [0.5, 0.6) is 0 Å². The first-order chi connectivity index (χ1) is 12.2. The maximum absolute atomic E-state index is 12.8. The fourth-order valence-electron chi connectivity index (χ4n) is 3.28. The van der Waals surface area contributed by atoms with Crippen LogP contribution in [0.1, 0.15) is 33.3 Å². The smallest absolute Gasteiger partial charge is 0.254 e. The number of carbonyl (C=O) groups excluding carboxylic acids is 1. The second kappa shape index (κ2) is 6.44. The highest BCUT2D eigenvalue weighted by Gasteiger charge is 2.26. The molecule has 2 aromatic heterocycles. The Kier molecular flexibility index (Phi) is 4.13. The molecule has 1 aliphatic rings. The minimum atomic E-state index is 0.0982. The van der Waals surface area contributed by atoms with E-state index in [1.165, 1.54) is 10.4 Å². The van der Waals surface area contributed by atoms with Crippen LogP contribution in [-0.2, 0) is 13.0 Å². The summed E-state index contributed by atoms with van der Waals surface area (Å²) in [6.45, 7) is 6.30. The van der Waals surface area contributed by atoms with Crippen LogP contribution in [0.4, 0.5) is 5.82 Å². The molecule has 0 atom stereocenters. The number of anilines is 1. The van der Waals surface area contributed by atoms with Gasteiger partial charge >= 0.3 is 0 Å². The first-order valence-electron chi connectivity index (χ1n) is 8.52. The van der Waals surface area contributed by atoms with E-state index in [0.29, 0.717) is 6.54 Å². The van der Waals surface area contributed by atoms with Crippen LogP contribution in [0, 0.1) is 6.92 Å². The predicted molar refractivity (Wildman–Crippen MR) is 101 cm³/mol. The molecule has 5 nitrogen and oxygen atoms in total. The SMILES string of the molecule is CCNc1ncnc2sc3c(c12)CCN(C(=O)c1ccc(C)cc1)C3. The van der Waals surface area contributed by atoms with Gasteiger partial charge in [-0.3, -0.25) is 4.79 Å². The third-order valence-corrected chi connectivity index (χ3v) is 5.69. The van der Waals surface area contributed by atoms with Crippen molar-refractivity contribution < 1.29 is 4.79 Å². The third-order valence-electron chi connectivity index (χ3n) is 4.57. The van der Waals surface area contributed by atoms with Crippen LogP contribution < -0.4 is 5.32 Å². The van der Waals surface area contributed by atoms with Crippen LogP contribution >= 0.6 is 11.3 Å². The molecule has 4 rings (SSSR count). The Labute approximate surface area is 150 Å². The standard InChI is InChI=1S/C19H20N4OS/c1-3-20-17-16-14-8-9-23(10-15(14)25-18(16)22-11-21-17)19(24)13-6-4-12(2)5-7-13/h4-7,11H,3,8-10H2,1-2H3,(H,20,21,22). The van der Waals surface area contributed by atoms with Crippen molar-refractivity contribution in [3.05, 3.63) is 52.2 Å². The first-order valence-corrected chi connectivity index (χ1v) is 9.34. The molecule has 1 aliphatic heterocycles. The molecule has 6 heteroatoms. The normalized spacial score (nSPS) is 13.8. The van der Waals surface area contributed by atoms with Gasteiger partial charge in [-0.1, -0.05) is 17.7 Å². The molecule has 0 fully saturated rings. The van der Waals surface area contributed by atoms with Gasteiger partial charge in [0.15, 0.2) is 0 Å². The molecule has 0 radical (unpaired) electrons. The zero-order valence-electron chi connectivity index (χ0n) is 14.4. The van der Waals surface area contributed by atoms with Crippen LogP contribution in [0.15, 0.2) is 30.6 Å². The maximum Gasteiger partial charge on any atom is 0.254 e. The van der Waals surface area contributed by atoms with Crippen LogP contribution in [0.25, 0.3) is 10.2 Å². The van der Waals surface area contributed by atoms with Crippen molar-refractivity contribution in [3.8, 4) is 0 Å². The number of nitrogens with one attached hydrogen (secondary N) is 1. The zero-order valence-corrected chi connectivity index (χ0v) is 15.2. The van der Waals surface area contributed by atoms with Crippen molar-refractivity contribution in [3.63, 3.8) is 0 Å². The summed E-state index contributed by atoms with van der Waals surface area (Å²) in [5.74, 6) is 1.00. The van der Waals surface area contributed by atoms with E-state index in [0.717, 1.165) is 46.7 Å². The average molecular weight is 352 g/mol. The van der Waals surface area contributed by atoms with Crippen LogP contribution in [0.3, 0.4) is 0 Å². The Balaban J connectivity index is 1.65. The second-order valence-corrected chi connectivity index (χ2v) is 7.36. The number of fused-ring (bicyclic) bond motifs is 3. The van der Waals surface area contributed by atoms with Crippen LogP contribution in [-0.4, -0.2) is 33.9 Å². The summed E-state index contributed by atoms with van der Waals surface area (Å²) in [5.41, 5.74) is 3.21. The van der Waals surface area contributed by atoms with Crippen molar-refractivity contribution in [1.82, 2.24) is 14.9 Å². The Morgan fingerprint density at radius 3 is 2.84 bits per heavy atom. The van der Waals surface area contributed by atoms with E-state index in [-0.39, 0.29) is 5.91 Å². The fraction of sp³-hybridized carbons (Fsp3) is 0.316. The van der Waals surface area contributed by atoms with E-state index in [4.69, 9.17) is 0 Å². The summed E-state index contributed by atoms with van der Waals surface area (Å²) in [7, 11) is 0. The molecule has 0 saturated carbocycles. The molecule has 1 aromatic carbocycles. The predicted octanol–water partition coefficient (Wildman–Crippen LogP) is 3.63. The Bertz CT molecular complexity index is 932. The van der Waals surface area contributed by atoms with Crippen molar-refractivity contribution in [2.45, 2.75) is 26.8 Å². The Morgan fingerprint density at radius 1 is 1.28 bits per heavy atom. The lowest BCUT2D eigenvalue weighted by Crippen LogP contribution is -2.35. The lowest BCUT2D eigenvalue weighted by atomic mass is 10.0. The molecule has 3 aromatic rings. The number of rotatable bonds is 3. The molecule has 128 valence electrons. The van der Waals surface area contributed by atoms with E-state index in [9.17, 15) is 4.79 Å². The lowest BCUT2D eigenvalue weighted by Gasteiger charge is -2.27. The number of aromatic nitrogens is 2. The quantitative estimate of drug-likeness (QED) is 0.782. The number of amides is 1. The van der Waals surface area contributed by atoms with Crippen molar-refractivity contribution in [2.75, 3.05) is 18.4 Å². The number of aryl methyl sites for hydroxylation is 1. The van der Waals surface area contributed by atoms with Gasteiger partial charge in [-0.15, -0.1) is 11.3 Å². The number of thiophene rings is 1. The summed E-state index contributed by atoms with van der Waals surface area (Å²) in [6, 6.07) is 7.79. The van der Waals surface area contributed by atoms with Gasteiger partial charge in [0, 0.05) is 23.5 Å². The summed E-state index contributed by atoms with van der Waals surface area (Å²) in [5, 5.41) is 4.46. The number of hydrogen-bond acceptors (Lipinski definition) is 5. The van der Waals surface area contributed by atoms with Crippen molar-refractivity contribution in [2.24, 2.45) is 0 Å². The van der Waals surface area contributed by atoms with Gasteiger partial charge in [0.25, 0.3) is 5.91 Å². The topological polar surface area (TPSA) is 58.1 Å². The maximum atomic E-state index is 12.8. The molecule has 0 bridgehead atoms. The van der Waals surface area contributed by atoms with E-state index < -0.39 is 0 Å². The van der Waals surface area contributed by atoms with Crippen LogP contribution in [0.2, 0.25) is 0 Å². The number of nitrogens with zero attached hydrogens (tertiary/aromatic N) is 3. The number of benzene rings is 1. The van der Waals surface area contributed by atoms with Gasteiger partial charge in [-0.25, -0.2) is 9.97 Å². The molecule has 0 aliphatic carbocycles. The minimum Gasteiger partial charge on any atom is -0.370 e. The minimum absolute atomic E-state index is 0.0982. The summed E-state index contributed by atoms with van der Waals surface area (Å²) in [4.78, 5) is 25.8. The highest BCUT2D eigenvalue weighted by molar-refractivity contribution is 7.19. The fourth-order valence-corrected chi connectivity index (χ4v) is 4.48. The third kappa shape index (κ3) is 2.87. The first kappa shape index (κ1) is 16.0. The zero-order chi connectivity index (χ0) is 17.4. The second-order valence-electron chi connectivity index (χ2n) is 6.28. The highest BCUT2D eigenvalue weighted by atomic mass is 32.1. The molecule has 3 heterocycles. The van der Waals surface area contributed by atoms with Crippen molar-refractivity contribution >= 4 is 33.3 Å². The molecule has 25 heavy (non-hydrogen) atoms. The Morgan fingerprint density at radius 2 is 2.08 bits per heavy atom. The van der Waals surface area contributed by atoms with E-state index in [1.807, 2.05) is 36.1 Å². The molecule has 1 N–H and O–H groups in total. The molecular weight excluding hydrogens is 332 g/mol. The number of carbonyl (C=O) groups is 1.